The van der Waals surface area contributed by atoms with Gasteiger partial charge in [0, 0.05) is 20.2 Å². The smallest absolute Gasteiger partial charge is 0.340 e. The molecule has 0 unspecified atom stereocenters. The molecule has 3 rings (SSSR count). The molecule has 1 aliphatic rings. The standard InChI is InChI=1S/C21H22N2O5/c1-3-28-21(26)15-8-4-5-10-17(15)22-19(24)16-9-6-7-14-13-23(11-12-27-2)20(25)18(14)16/h4-10H,3,11-13H2,1-2H3,(H,22,24). The van der Waals surface area contributed by atoms with E-state index in [0.717, 1.165) is 5.56 Å². The molecule has 1 aliphatic heterocycles. The van der Waals surface area contributed by atoms with E-state index in [9.17, 15) is 14.4 Å². The molecule has 0 radical (unpaired) electrons. The molecule has 1 heterocycles. The number of hydrogen-bond acceptors (Lipinski definition) is 5. The number of fused-ring (bicyclic) bond motifs is 1. The van der Waals surface area contributed by atoms with E-state index in [0.29, 0.717) is 30.9 Å². The van der Waals surface area contributed by atoms with E-state index in [-0.39, 0.29) is 23.6 Å². The first kappa shape index (κ1) is 19.6. The lowest BCUT2D eigenvalue weighted by atomic mass is 10.0. The van der Waals surface area contributed by atoms with E-state index in [1.165, 1.54) is 0 Å². The molecule has 1 N–H and O–H groups in total. The summed E-state index contributed by atoms with van der Waals surface area (Å²) in [7, 11) is 1.58. The van der Waals surface area contributed by atoms with Crippen molar-refractivity contribution in [2.45, 2.75) is 13.5 Å². The van der Waals surface area contributed by atoms with Crippen LogP contribution in [0.1, 0.15) is 43.6 Å². The SMILES string of the molecule is CCOC(=O)c1ccccc1NC(=O)c1cccc2c1C(=O)N(CCOC)C2. The van der Waals surface area contributed by atoms with Crippen molar-refractivity contribution in [2.24, 2.45) is 0 Å². The number of amides is 2. The van der Waals surface area contributed by atoms with Crippen LogP contribution in [-0.4, -0.2) is 49.6 Å². The van der Waals surface area contributed by atoms with Crippen LogP contribution in [0.3, 0.4) is 0 Å². The van der Waals surface area contributed by atoms with Crippen molar-refractivity contribution in [1.82, 2.24) is 4.90 Å². The Morgan fingerprint density at radius 1 is 1.11 bits per heavy atom. The third-order valence-electron chi connectivity index (χ3n) is 4.49. The van der Waals surface area contributed by atoms with Crippen LogP contribution in [0.25, 0.3) is 0 Å². The summed E-state index contributed by atoms with van der Waals surface area (Å²) in [6.07, 6.45) is 0. The summed E-state index contributed by atoms with van der Waals surface area (Å²) < 4.78 is 10.1. The maximum Gasteiger partial charge on any atom is 0.340 e. The number of carbonyl (C=O) groups is 3. The zero-order valence-corrected chi connectivity index (χ0v) is 15.9. The highest BCUT2D eigenvalue weighted by Crippen LogP contribution is 2.27. The molecule has 2 aromatic rings. The molecule has 0 aliphatic carbocycles. The number of anilines is 1. The lowest BCUT2D eigenvalue weighted by Gasteiger charge is -2.15. The monoisotopic (exact) mass is 382 g/mol. The highest BCUT2D eigenvalue weighted by Gasteiger charge is 2.31. The molecule has 0 saturated carbocycles. The first-order chi connectivity index (χ1) is 13.6. The number of ether oxygens (including phenoxy) is 2. The molecule has 28 heavy (non-hydrogen) atoms. The van der Waals surface area contributed by atoms with Gasteiger partial charge in [-0.3, -0.25) is 9.59 Å². The number of esters is 1. The van der Waals surface area contributed by atoms with Crippen LogP contribution in [-0.2, 0) is 16.0 Å². The van der Waals surface area contributed by atoms with Crippen molar-refractivity contribution >= 4 is 23.5 Å². The van der Waals surface area contributed by atoms with Crippen molar-refractivity contribution in [3.8, 4) is 0 Å². The lowest BCUT2D eigenvalue weighted by molar-refractivity contribution is 0.0527. The fraction of sp³-hybridized carbons (Fsp3) is 0.286. The normalized spacial score (nSPS) is 12.6. The quantitative estimate of drug-likeness (QED) is 0.745. The Kier molecular flexibility index (Phi) is 6.06. The topological polar surface area (TPSA) is 84.9 Å². The van der Waals surface area contributed by atoms with Crippen LogP contribution < -0.4 is 5.32 Å². The average molecular weight is 382 g/mol. The zero-order chi connectivity index (χ0) is 20.1. The average Bonchev–Trinajstić information content (AvgIpc) is 3.02. The highest BCUT2D eigenvalue weighted by atomic mass is 16.5. The van der Waals surface area contributed by atoms with Crippen LogP contribution in [0.5, 0.6) is 0 Å². The molecule has 0 saturated heterocycles. The summed E-state index contributed by atoms with van der Waals surface area (Å²) in [6.45, 7) is 3.27. The largest absolute Gasteiger partial charge is 0.462 e. The van der Waals surface area contributed by atoms with E-state index in [4.69, 9.17) is 9.47 Å². The second-order valence-corrected chi connectivity index (χ2v) is 6.28. The highest BCUT2D eigenvalue weighted by molar-refractivity contribution is 6.15. The predicted molar refractivity (Wildman–Crippen MR) is 103 cm³/mol. The Morgan fingerprint density at radius 2 is 1.86 bits per heavy atom. The van der Waals surface area contributed by atoms with Crippen LogP contribution in [0.15, 0.2) is 42.5 Å². The maximum atomic E-state index is 12.9. The van der Waals surface area contributed by atoms with Gasteiger partial charge in [0.1, 0.15) is 0 Å². The zero-order valence-electron chi connectivity index (χ0n) is 15.9. The van der Waals surface area contributed by atoms with Gasteiger partial charge < -0.3 is 19.7 Å². The Morgan fingerprint density at radius 3 is 2.61 bits per heavy atom. The van der Waals surface area contributed by atoms with Crippen molar-refractivity contribution in [1.29, 1.82) is 0 Å². The number of nitrogens with one attached hydrogen (secondary N) is 1. The number of carbonyl (C=O) groups excluding carboxylic acids is 3. The summed E-state index contributed by atoms with van der Waals surface area (Å²) in [5.41, 5.74) is 2.07. The Balaban J connectivity index is 1.86. The molecule has 0 atom stereocenters. The third kappa shape index (κ3) is 3.89. The number of rotatable bonds is 7. The van der Waals surface area contributed by atoms with Gasteiger partial charge >= 0.3 is 5.97 Å². The first-order valence-corrected chi connectivity index (χ1v) is 9.04. The molecule has 0 fully saturated rings. The lowest BCUT2D eigenvalue weighted by Crippen LogP contribution is -2.28. The van der Waals surface area contributed by atoms with Crippen LogP contribution in [0.2, 0.25) is 0 Å². The molecule has 0 bridgehead atoms. The summed E-state index contributed by atoms with van der Waals surface area (Å²) in [6, 6.07) is 11.8. The number of nitrogens with zero attached hydrogens (tertiary/aromatic N) is 1. The maximum absolute atomic E-state index is 12.9. The molecule has 7 heteroatoms. The van der Waals surface area contributed by atoms with Gasteiger partial charge in [0.05, 0.1) is 35.6 Å². The minimum absolute atomic E-state index is 0.198. The van der Waals surface area contributed by atoms with E-state index >= 15 is 0 Å². The Bertz CT molecular complexity index is 909. The molecule has 7 nitrogen and oxygen atoms in total. The van der Waals surface area contributed by atoms with Gasteiger partial charge in [0.2, 0.25) is 0 Å². The van der Waals surface area contributed by atoms with Gasteiger partial charge in [-0.15, -0.1) is 0 Å². The summed E-state index contributed by atoms with van der Waals surface area (Å²) in [4.78, 5) is 39.4. The second kappa shape index (κ2) is 8.67. The molecule has 0 aromatic heterocycles. The van der Waals surface area contributed by atoms with Crippen molar-refractivity contribution in [3.05, 3.63) is 64.7 Å². The molecular weight excluding hydrogens is 360 g/mol. The first-order valence-electron chi connectivity index (χ1n) is 9.04. The minimum atomic E-state index is -0.515. The van der Waals surface area contributed by atoms with E-state index in [1.807, 2.05) is 6.07 Å². The molecule has 146 valence electrons. The molecular formula is C21H22N2O5. The third-order valence-corrected chi connectivity index (χ3v) is 4.49. The van der Waals surface area contributed by atoms with E-state index in [2.05, 4.69) is 5.32 Å². The second-order valence-electron chi connectivity index (χ2n) is 6.28. The minimum Gasteiger partial charge on any atom is -0.462 e. The Labute approximate surface area is 163 Å². The van der Waals surface area contributed by atoms with Gasteiger partial charge in [0.25, 0.3) is 11.8 Å². The summed E-state index contributed by atoms with van der Waals surface area (Å²) in [5, 5.41) is 2.74. The molecule has 2 amide bonds. The van der Waals surface area contributed by atoms with Crippen LogP contribution in [0.4, 0.5) is 5.69 Å². The number of benzene rings is 2. The number of methoxy groups -OCH3 is 1. The van der Waals surface area contributed by atoms with E-state index < -0.39 is 11.9 Å². The fourth-order valence-corrected chi connectivity index (χ4v) is 3.16. The van der Waals surface area contributed by atoms with Gasteiger partial charge in [-0.1, -0.05) is 24.3 Å². The van der Waals surface area contributed by atoms with Crippen molar-refractivity contribution < 1.29 is 23.9 Å². The van der Waals surface area contributed by atoms with Gasteiger partial charge in [-0.05, 0) is 30.7 Å². The van der Waals surface area contributed by atoms with Gasteiger partial charge in [-0.25, -0.2) is 4.79 Å². The van der Waals surface area contributed by atoms with Crippen LogP contribution in [0, 0.1) is 0 Å². The van der Waals surface area contributed by atoms with Crippen molar-refractivity contribution in [3.63, 3.8) is 0 Å². The predicted octanol–water partition coefficient (Wildman–Crippen LogP) is 2.72. The number of hydrogen-bond donors (Lipinski definition) is 1. The molecule has 2 aromatic carbocycles. The van der Waals surface area contributed by atoms with Gasteiger partial charge in [0.15, 0.2) is 0 Å². The van der Waals surface area contributed by atoms with E-state index in [1.54, 1.807) is 55.3 Å². The number of para-hydroxylation sites is 1. The summed E-state index contributed by atoms with van der Waals surface area (Å²) in [5.74, 6) is -1.16. The van der Waals surface area contributed by atoms with Gasteiger partial charge in [-0.2, -0.15) is 0 Å². The fourth-order valence-electron chi connectivity index (χ4n) is 3.16. The van der Waals surface area contributed by atoms with Crippen LogP contribution >= 0.6 is 0 Å². The van der Waals surface area contributed by atoms with Crippen molar-refractivity contribution in [2.75, 3.05) is 32.2 Å². The molecule has 0 spiro atoms. The summed E-state index contributed by atoms with van der Waals surface area (Å²) >= 11 is 0. The Hall–Kier alpha value is -3.19.